The molecule has 1 N–H and O–H groups in total. The van der Waals surface area contributed by atoms with E-state index in [1.165, 1.54) is 6.08 Å². The molecule has 0 rings (SSSR count). The second-order valence-electron chi connectivity index (χ2n) is 2.32. The monoisotopic (exact) mass is 206 g/mol. The van der Waals surface area contributed by atoms with Crippen LogP contribution in [0.1, 0.15) is 0 Å². The summed E-state index contributed by atoms with van der Waals surface area (Å²) < 4.78 is 12.3. The minimum atomic E-state index is -0.401. The number of hydrogen-bond acceptors (Lipinski definition) is 3. The van der Waals surface area contributed by atoms with Gasteiger partial charge in [-0.2, -0.15) is 0 Å². The van der Waals surface area contributed by atoms with Gasteiger partial charge in [0.25, 0.3) is 0 Å². The van der Waals surface area contributed by atoms with Crippen LogP contribution in [0.3, 0.4) is 0 Å². The van der Waals surface area contributed by atoms with Crippen LogP contribution in [0.15, 0.2) is 12.7 Å². The molecule has 0 aromatic rings. The Balaban J connectivity index is 3.46. The highest BCUT2D eigenvalue weighted by Crippen LogP contribution is 1.88. The van der Waals surface area contributed by atoms with E-state index in [4.69, 9.17) is 9.47 Å². The lowest BCUT2D eigenvalue weighted by molar-refractivity contribution is 0.165. The van der Waals surface area contributed by atoms with Gasteiger partial charge in [-0.25, -0.2) is 4.79 Å². The first-order valence-electron chi connectivity index (χ1n) is 3.86. The Hall–Kier alpha value is -0.680. The van der Waals surface area contributed by atoms with Crippen LogP contribution in [0.4, 0.5) is 4.79 Å². The standard InChI is InChI=1S/C8H15NO3S/c1-4-5-12-8(10)9-13(3)7-6-11-2/h4H,1,5-7H2,2-3H3/p+1. The number of methoxy groups -OCH3 is 1. The third-order valence-corrected chi connectivity index (χ3v) is 2.48. The minimum absolute atomic E-state index is 0.187. The van der Waals surface area contributed by atoms with Gasteiger partial charge in [-0.3, -0.25) is 0 Å². The molecule has 1 unspecified atom stereocenters. The van der Waals surface area contributed by atoms with Crippen molar-refractivity contribution in [2.45, 2.75) is 0 Å². The van der Waals surface area contributed by atoms with Crippen molar-refractivity contribution in [3.8, 4) is 0 Å². The van der Waals surface area contributed by atoms with Gasteiger partial charge in [0.1, 0.15) is 23.9 Å². The van der Waals surface area contributed by atoms with Crippen molar-refractivity contribution in [1.29, 1.82) is 0 Å². The number of carbonyl (C=O) groups is 1. The lowest BCUT2D eigenvalue weighted by Crippen LogP contribution is -2.33. The predicted molar refractivity (Wildman–Crippen MR) is 54.7 cm³/mol. The molecule has 0 aliphatic carbocycles. The summed E-state index contributed by atoms with van der Waals surface area (Å²) in [5.74, 6) is 0.805. The highest BCUT2D eigenvalue weighted by Gasteiger charge is 2.15. The second-order valence-corrected chi connectivity index (χ2v) is 4.21. The van der Waals surface area contributed by atoms with Gasteiger partial charge in [-0.15, -0.1) is 4.72 Å². The van der Waals surface area contributed by atoms with E-state index in [1.807, 2.05) is 6.26 Å². The van der Waals surface area contributed by atoms with Crippen LogP contribution in [-0.4, -0.2) is 38.4 Å². The summed E-state index contributed by atoms with van der Waals surface area (Å²) in [5, 5.41) is 0. The second kappa shape index (κ2) is 7.94. The van der Waals surface area contributed by atoms with Crippen molar-refractivity contribution in [3.05, 3.63) is 12.7 Å². The highest BCUT2D eigenvalue weighted by molar-refractivity contribution is 7.94. The molecular weight excluding hydrogens is 190 g/mol. The van der Waals surface area contributed by atoms with E-state index in [2.05, 4.69) is 11.3 Å². The van der Waals surface area contributed by atoms with E-state index in [9.17, 15) is 4.79 Å². The largest absolute Gasteiger partial charge is 0.449 e. The van der Waals surface area contributed by atoms with Gasteiger partial charge in [-0.05, 0) is 0 Å². The highest BCUT2D eigenvalue weighted by atomic mass is 32.2. The quantitative estimate of drug-likeness (QED) is 0.514. The SMILES string of the molecule is C=CCOC(=O)N[S+](C)CCOC. The number of nitrogens with one attached hydrogen (secondary N) is 1. The van der Waals surface area contributed by atoms with Crippen LogP contribution in [0.25, 0.3) is 0 Å². The fraction of sp³-hybridized carbons (Fsp3) is 0.625. The Morgan fingerprint density at radius 1 is 1.69 bits per heavy atom. The van der Waals surface area contributed by atoms with E-state index in [-0.39, 0.29) is 17.7 Å². The number of amides is 1. The topological polar surface area (TPSA) is 47.6 Å². The fourth-order valence-electron chi connectivity index (χ4n) is 0.566. The van der Waals surface area contributed by atoms with E-state index in [1.54, 1.807) is 7.11 Å². The summed E-state index contributed by atoms with van der Waals surface area (Å²) in [6, 6.07) is 0. The molecule has 0 heterocycles. The summed E-state index contributed by atoms with van der Waals surface area (Å²) >= 11 is -0.187. The first-order chi connectivity index (χ1) is 6.20. The molecule has 0 aliphatic heterocycles. The van der Waals surface area contributed by atoms with E-state index >= 15 is 0 Å². The molecular formula is C8H16NO3S+. The zero-order valence-electron chi connectivity index (χ0n) is 8.04. The Morgan fingerprint density at radius 2 is 2.38 bits per heavy atom. The minimum Gasteiger partial charge on any atom is -0.443 e. The average Bonchev–Trinajstić information content (AvgIpc) is 2.11. The molecule has 0 aromatic heterocycles. The zero-order chi connectivity index (χ0) is 10.1. The van der Waals surface area contributed by atoms with Crippen LogP contribution in [0.2, 0.25) is 0 Å². The Bertz CT molecular complexity index is 163. The van der Waals surface area contributed by atoms with Crippen LogP contribution in [-0.2, 0) is 20.6 Å². The number of hydrogen-bond donors (Lipinski definition) is 1. The lowest BCUT2D eigenvalue weighted by atomic mass is 10.7. The first-order valence-corrected chi connectivity index (χ1v) is 5.66. The van der Waals surface area contributed by atoms with E-state index < -0.39 is 6.09 Å². The van der Waals surface area contributed by atoms with Crippen molar-refractivity contribution >= 4 is 17.2 Å². The molecule has 4 nitrogen and oxygen atoms in total. The third kappa shape index (κ3) is 7.67. The number of rotatable bonds is 6. The molecule has 0 aliphatic rings. The van der Waals surface area contributed by atoms with Gasteiger partial charge in [0, 0.05) is 7.11 Å². The van der Waals surface area contributed by atoms with Crippen molar-refractivity contribution in [2.75, 3.05) is 32.3 Å². The van der Waals surface area contributed by atoms with Crippen molar-refractivity contribution in [3.63, 3.8) is 0 Å². The number of ether oxygens (including phenoxy) is 2. The Kier molecular flexibility index (Phi) is 7.53. The molecule has 13 heavy (non-hydrogen) atoms. The predicted octanol–water partition coefficient (Wildman–Crippen LogP) is 0.708. The molecule has 1 amide bonds. The summed E-state index contributed by atoms with van der Waals surface area (Å²) in [5.41, 5.74) is 0. The Morgan fingerprint density at radius 3 is 2.92 bits per heavy atom. The molecule has 1 atom stereocenters. The Labute approximate surface area is 81.8 Å². The summed E-state index contributed by atoms with van der Waals surface area (Å²) in [6.07, 6.45) is 3.05. The van der Waals surface area contributed by atoms with Crippen molar-refractivity contribution < 1.29 is 14.3 Å². The normalized spacial score (nSPS) is 11.8. The van der Waals surface area contributed by atoms with Gasteiger partial charge < -0.3 is 9.47 Å². The van der Waals surface area contributed by atoms with E-state index in [0.717, 1.165) is 5.75 Å². The maximum absolute atomic E-state index is 11.0. The van der Waals surface area contributed by atoms with Crippen molar-refractivity contribution in [1.82, 2.24) is 4.72 Å². The number of carbonyl (C=O) groups excluding carboxylic acids is 1. The van der Waals surface area contributed by atoms with Gasteiger partial charge >= 0.3 is 6.09 Å². The smallest absolute Gasteiger partial charge is 0.443 e. The van der Waals surface area contributed by atoms with Crippen LogP contribution in [0, 0.1) is 0 Å². The van der Waals surface area contributed by atoms with Gasteiger partial charge in [0.05, 0.1) is 6.61 Å². The van der Waals surface area contributed by atoms with E-state index in [0.29, 0.717) is 6.61 Å². The summed E-state index contributed by atoms with van der Waals surface area (Å²) in [6.45, 7) is 4.32. The molecule has 5 heteroatoms. The van der Waals surface area contributed by atoms with Crippen molar-refractivity contribution in [2.24, 2.45) is 0 Å². The fourth-order valence-corrected chi connectivity index (χ4v) is 1.43. The molecule has 76 valence electrons. The molecule has 0 aromatic carbocycles. The molecule has 0 spiro atoms. The summed E-state index contributed by atoms with van der Waals surface area (Å²) in [4.78, 5) is 11.0. The molecule has 0 bridgehead atoms. The van der Waals surface area contributed by atoms with Crippen LogP contribution in [0.5, 0.6) is 0 Å². The zero-order valence-corrected chi connectivity index (χ0v) is 8.86. The van der Waals surface area contributed by atoms with Gasteiger partial charge in [0.15, 0.2) is 5.75 Å². The molecule has 0 saturated carbocycles. The van der Waals surface area contributed by atoms with Gasteiger partial charge in [0.2, 0.25) is 0 Å². The third-order valence-electron chi connectivity index (χ3n) is 1.18. The maximum atomic E-state index is 11.0. The van der Waals surface area contributed by atoms with Gasteiger partial charge in [-0.1, -0.05) is 12.7 Å². The molecule has 0 fully saturated rings. The average molecular weight is 206 g/mol. The van der Waals surface area contributed by atoms with Crippen LogP contribution < -0.4 is 4.72 Å². The lowest BCUT2D eigenvalue weighted by Gasteiger charge is -2.03. The molecule has 0 saturated heterocycles. The molecule has 0 radical (unpaired) electrons. The summed E-state index contributed by atoms with van der Waals surface area (Å²) in [7, 11) is 1.63. The first kappa shape index (κ1) is 12.3. The van der Waals surface area contributed by atoms with Crippen LogP contribution >= 0.6 is 0 Å². The maximum Gasteiger partial charge on any atom is 0.449 e.